The first kappa shape index (κ1) is 9.44. The molecule has 0 aromatic heterocycles. The Morgan fingerprint density at radius 3 is 2.50 bits per heavy atom. The van der Waals surface area contributed by atoms with Crippen LogP contribution in [0.1, 0.15) is 11.1 Å². The van der Waals surface area contributed by atoms with Crippen molar-refractivity contribution in [2.24, 2.45) is 0 Å². The Labute approximate surface area is 84.1 Å². The quantitative estimate of drug-likeness (QED) is 0.450. The van der Waals surface area contributed by atoms with Gasteiger partial charge in [0.15, 0.2) is 0 Å². The summed E-state index contributed by atoms with van der Waals surface area (Å²) in [5.74, 6) is 0. The average Bonchev–Trinajstić information content (AvgIpc) is 2.00. The molecule has 0 unspecified atom stereocenters. The van der Waals surface area contributed by atoms with E-state index in [-0.39, 0.29) is 10.6 Å². The summed E-state index contributed by atoms with van der Waals surface area (Å²) in [6.07, 6.45) is 0. The second-order valence-corrected chi connectivity index (χ2v) is 3.68. The Morgan fingerprint density at radius 2 is 2.00 bits per heavy atom. The lowest BCUT2D eigenvalue weighted by molar-refractivity contribution is -0.385. The fourth-order valence-electron chi connectivity index (χ4n) is 0.908. The number of rotatable bonds is 1. The van der Waals surface area contributed by atoms with Gasteiger partial charge in [-0.25, -0.2) is 0 Å². The SMILES string of the molecule is Cc1ccc([N+](=O)[O-])c(I)c1C. The predicted molar refractivity (Wildman–Crippen MR) is 55.3 cm³/mol. The monoisotopic (exact) mass is 277 g/mol. The van der Waals surface area contributed by atoms with Gasteiger partial charge in [-0.15, -0.1) is 0 Å². The fraction of sp³-hybridized carbons (Fsp3) is 0.250. The van der Waals surface area contributed by atoms with Crippen molar-refractivity contribution in [2.45, 2.75) is 13.8 Å². The van der Waals surface area contributed by atoms with Crippen LogP contribution in [0.5, 0.6) is 0 Å². The molecule has 0 fully saturated rings. The number of hydrogen-bond acceptors (Lipinski definition) is 2. The van der Waals surface area contributed by atoms with Crippen molar-refractivity contribution >= 4 is 28.3 Å². The molecular weight excluding hydrogens is 269 g/mol. The summed E-state index contributed by atoms with van der Waals surface area (Å²) in [5.41, 5.74) is 2.27. The maximum absolute atomic E-state index is 10.5. The third kappa shape index (κ3) is 1.57. The highest BCUT2D eigenvalue weighted by atomic mass is 127. The number of benzene rings is 1. The van der Waals surface area contributed by atoms with Crippen LogP contribution in [0.2, 0.25) is 0 Å². The van der Waals surface area contributed by atoms with Crippen LogP contribution in [-0.4, -0.2) is 4.92 Å². The van der Waals surface area contributed by atoms with Gasteiger partial charge in [-0.2, -0.15) is 0 Å². The summed E-state index contributed by atoms with van der Waals surface area (Å²) < 4.78 is 0.734. The summed E-state index contributed by atoms with van der Waals surface area (Å²) in [5, 5.41) is 10.5. The van der Waals surface area contributed by atoms with E-state index in [0.29, 0.717) is 0 Å². The lowest BCUT2D eigenvalue weighted by atomic mass is 10.1. The molecule has 0 radical (unpaired) electrons. The van der Waals surface area contributed by atoms with E-state index < -0.39 is 0 Å². The van der Waals surface area contributed by atoms with Gasteiger partial charge in [-0.1, -0.05) is 6.07 Å². The zero-order valence-corrected chi connectivity index (χ0v) is 8.95. The fourth-order valence-corrected chi connectivity index (χ4v) is 1.71. The lowest BCUT2D eigenvalue weighted by Crippen LogP contribution is -1.95. The van der Waals surface area contributed by atoms with E-state index in [1.54, 1.807) is 12.1 Å². The molecule has 4 heteroatoms. The van der Waals surface area contributed by atoms with E-state index in [1.807, 2.05) is 36.4 Å². The van der Waals surface area contributed by atoms with Crippen LogP contribution >= 0.6 is 22.6 Å². The molecule has 3 nitrogen and oxygen atoms in total. The molecule has 64 valence electrons. The van der Waals surface area contributed by atoms with E-state index >= 15 is 0 Å². The first-order valence-corrected chi connectivity index (χ1v) is 4.52. The van der Waals surface area contributed by atoms with Gasteiger partial charge < -0.3 is 0 Å². The van der Waals surface area contributed by atoms with Crippen LogP contribution in [0.4, 0.5) is 5.69 Å². The molecule has 0 aliphatic carbocycles. The van der Waals surface area contributed by atoms with E-state index in [4.69, 9.17) is 0 Å². The number of aryl methyl sites for hydroxylation is 1. The van der Waals surface area contributed by atoms with E-state index in [2.05, 4.69) is 0 Å². The molecule has 0 aliphatic heterocycles. The smallest absolute Gasteiger partial charge is 0.258 e. The zero-order chi connectivity index (χ0) is 9.30. The van der Waals surface area contributed by atoms with Crippen molar-refractivity contribution in [2.75, 3.05) is 0 Å². The van der Waals surface area contributed by atoms with Gasteiger partial charge in [0.1, 0.15) is 0 Å². The Hall–Kier alpha value is -0.650. The molecule has 1 aromatic rings. The molecule has 0 heterocycles. The third-order valence-electron chi connectivity index (χ3n) is 1.83. The second-order valence-electron chi connectivity index (χ2n) is 2.60. The number of nitro groups is 1. The van der Waals surface area contributed by atoms with Gasteiger partial charge >= 0.3 is 0 Å². The average molecular weight is 277 g/mol. The number of nitro benzene ring substituents is 1. The number of hydrogen-bond donors (Lipinski definition) is 0. The number of halogens is 1. The molecule has 12 heavy (non-hydrogen) atoms. The topological polar surface area (TPSA) is 43.1 Å². The molecule has 0 bridgehead atoms. The highest BCUT2D eigenvalue weighted by molar-refractivity contribution is 14.1. The summed E-state index contributed by atoms with van der Waals surface area (Å²) in [6.45, 7) is 3.84. The standard InChI is InChI=1S/C8H8INO2/c1-5-3-4-7(10(11)12)8(9)6(5)2/h3-4H,1-2H3. The lowest BCUT2D eigenvalue weighted by Gasteiger charge is -2.02. The Balaban J connectivity index is 3.36. The molecular formula is C8H8INO2. The van der Waals surface area contributed by atoms with Gasteiger partial charge in [-0.3, -0.25) is 10.1 Å². The first-order chi connectivity index (χ1) is 5.54. The van der Waals surface area contributed by atoms with Crippen molar-refractivity contribution in [3.63, 3.8) is 0 Å². The normalized spacial score (nSPS) is 9.92. The maximum Gasteiger partial charge on any atom is 0.282 e. The molecule has 0 amide bonds. The predicted octanol–water partition coefficient (Wildman–Crippen LogP) is 2.82. The van der Waals surface area contributed by atoms with Crippen molar-refractivity contribution in [1.82, 2.24) is 0 Å². The van der Waals surface area contributed by atoms with Gasteiger partial charge in [0, 0.05) is 6.07 Å². The molecule has 0 saturated carbocycles. The molecule has 0 atom stereocenters. The van der Waals surface area contributed by atoms with Gasteiger partial charge in [-0.05, 0) is 47.6 Å². The Morgan fingerprint density at radius 1 is 1.42 bits per heavy atom. The molecule has 1 aromatic carbocycles. The van der Waals surface area contributed by atoms with Crippen molar-refractivity contribution in [3.05, 3.63) is 36.9 Å². The third-order valence-corrected chi connectivity index (χ3v) is 3.20. The van der Waals surface area contributed by atoms with Crippen molar-refractivity contribution < 1.29 is 4.92 Å². The van der Waals surface area contributed by atoms with Crippen molar-refractivity contribution in [1.29, 1.82) is 0 Å². The minimum atomic E-state index is -0.353. The minimum Gasteiger partial charge on any atom is -0.258 e. The van der Waals surface area contributed by atoms with E-state index in [9.17, 15) is 10.1 Å². The molecule has 0 aliphatic rings. The van der Waals surface area contributed by atoms with E-state index in [1.165, 1.54) is 0 Å². The molecule has 0 saturated heterocycles. The van der Waals surface area contributed by atoms with Crippen molar-refractivity contribution in [3.8, 4) is 0 Å². The highest BCUT2D eigenvalue weighted by Crippen LogP contribution is 2.25. The summed E-state index contributed by atoms with van der Waals surface area (Å²) in [4.78, 5) is 10.1. The summed E-state index contributed by atoms with van der Waals surface area (Å²) in [6, 6.07) is 3.32. The Kier molecular flexibility index (Phi) is 2.66. The summed E-state index contributed by atoms with van der Waals surface area (Å²) in [7, 11) is 0. The van der Waals surface area contributed by atoms with Gasteiger partial charge in [0.05, 0.1) is 8.49 Å². The first-order valence-electron chi connectivity index (χ1n) is 3.44. The van der Waals surface area contributed by atoms with Crippen LogP contribution in [0.25, 0.3) is 0 Å². The Bertz CT molecular complexity index is 336. The maximum atomic E-state index is 10.5. The van der Waals surface area contributed by atoms with Gasteiger partial charge in [0.2, 0.25) is 0 Å². The summed E-state index contributed by atoms with van der Waals surface area (Å²) >= 11 is 2.00. The van der Waals surface area contributed by atoms with Gasteiger partial charge in [0.25, 0.3) is 5.69 Å². The number of nitrogens with zero attached hydrogens (tertiary/aromatic N) is 1. The zero-order valence-electron chi connectivity index (χ0n) is 6.80. The van der Waals surface area contributed by atoms with E-state index in [0.717, 1.165) is 14.7 Å². The molecule has 0 N–H and O–H groups in total. The highest BCUT2D eigenvalue weighted by Gasteiger charge is 2.13. The minimum absolute atomic E-state index is 0.193. The van der Waals surface area contributed by atoms with Crippen LogP contribution in [0.15, 0.2) is 12.1 Å². The van der Waals surface area contributed by atoms with Crippen LogP contribution in [0.3, 0.4) is 0 Å². The van der Waals surface area contributed by atoms with Crippen LogP contribution in [0, 0.1) is 27.5 Å². The molecule has 0 spiro atoms. The van der Waals surface area contributed by atoms with Crippen LogP contribution in [-0.2, 0) is 0 Å². The van der Waals surface area contributed by atoms with Crippen LogP contribution < -0.4 is 0 Å². The molecule has 1 rings (SSSR count). The second kappa shape index (κ2) is 3.38. The largest absolute Gasteiger partial charge is 0.282 e.